The van der Waals surface area contributed by atoms with Crippen molar-refractivity contribution in [2.75, 3.05) is 26.2 Å². The van der Waals surface area contributed by atoms with E-state index in [4.69, 9.17) is 28.7 Å². The molecule has 0 aliphatic carbocycles. The van der Waals surface area contributed by atoms with Crippen LogP contribution in [0.4, 0.5) is 0 Å². The van der Waals surface area contributed by atoms with Crippen LogP contribution in [0.15, 0.2) is 0 Å². The van der Waals surface area contributed by atoms with Crippen molar-refractivity contribution < 1.29 is 43.2 Å². The minimum atomic E-state index is -1.01. The van der Waals surface area contributed by atoms with E-state index in [-0.39, 0.29) is 68.1 Å². The van der Waals surface area contributed by atoms with Gasteiger partial charge >= 0.3 is 0 Å². The summed E-state index contributed by atoms with van der Waals surface area (Å²) in [6.07, 6.45) is 7.19. The zero-order chi connectivity index (χ0) is 57.8. The SMILES string of the molecule is CC(=O)N[C@@H](CCCCN)C(=O)N[C@H](CC(=O)N[C@@H](CCCCN)C(=O)N[C@H](CC(=O)N[C@@H](CCCCN)C(=O)N[C@H](CC(=O)N[C@@H](CCCCN)C(=O)N[C@H](CC(N)=O)CC(C)C)CC(C)C)CC(C)C)CC(C)C. The molecule has 440 valence electrons. The molecule has 0 radical (unpaired) electrons. The Morgan fingerprint density at radius 2 is 0.553 bits per heavy atom. The van der Waals surface area contributed by atoms with Crippen LogP contribution < -0.4 is 71.2 Å². The van der Waals surface area contributed by atoms with Crippen LogP contribution in [-0.2, 0) is 43.2 Å². The number of unbranched alkanes of at least 4 members (excludes halogenated alkanes) is 4. The lowest BCUT2D eigenvalue weighted by Crippen LogP contribution is -2.54. The third-order valence-corrected chi connectivity index (χ3v) is 12.6. The molecule has 22 nitrogen and oxygen atoms in total. The normalized spacial score (nSPS) is 14.6. The summed E-state index contributed by atoms with van der Waals surface area (Å²) in [5.74, 6) is -3.83. The van der Waals surface area contributed by atoms with E-state index in [1.54, 1.807) is 0 Å². The molecule has 0 spiro atoms. The Morgan fingerprint density at radius 3 is 0.750 bits per heavy atom. The molecule has 22 heteroatoms. The van der Waals surface area contributed by atoms with Crippen molar-refractivity contribution in [3.63, 3.8) is 0 Å². The fourth-order valence-corrected chi connectivity index (χ4v) is 9.22. The third-order valence-electron chi connectivity index (χ3n) is 12.6. The topological polar surface area (TPSA) is 380 Å². The van der Waals surface area contributed by atoms with Crippen LogP contribution in [0.25, 0.3) is 0 Å². The minimum Gasteiger partial charge on any atom is -0.370 e. The zero-order valence-corrected chi connectivity index (χ0v) is 48.0. The molecule has 8 atom stereocenters. The number of primary amides is 1. The summed E-state index contributed by atoms with van der Waals surface area (Å²) in [4.78, 5) is 121. The molecule has 0 heterocycles. The highest BCUT2D eigenvalue weighted by Crippen LogP contribution is 2.16. The van der Waals surface area contributed by atoms with Crippen molar-refractivity contribution in [1.29, 1.82) is 0 Å². The number of carbonyl (C=O) groups excluding carboxylic acids is 9. The maximum Gasteiger partial charge on any atom is 0.242 e. The molecular formula is C54H105N13O9. The maximum absolute atomic E-state index is 14.2. The fraction of sp³-hybridized carbons (Fsp3) is 0.833. The van der Waals surface area contributed by atoms with Gasteiger partial charge in [-0.25, -0.2) is 0 Å². The smallest absolute Gasteiger partial charge is 0.242 e. The van der Waals surface area contributed by atoms with E-state index in [0.717, 1.165) is 0 Å². The summed E-state index contributed by atoms with van der Waals surface area (Å²) in [6.45, 7) is 18.6. The van der Waals surface area contributed by atoms with Gasteiger partial charge in [0.15, 0.2) is 0 Å². The number of amides is 9. The highest BCUT2D eigenvalue weighted by Gasteiger charge is 2.31. The van der Waals surface area contributed by atoms with Gasteiger partial charge < -0.3 is 71.2 Å². The van der Waals surface area contributed by atoms with E-state index >= 15 is 0 Å². The molecule has 0 aromatic rings. The summed E-state index contributed by atoms with van der Waals surface area (Å²) in [5.41, 5.74) is 28.5. The Bertz CT molecular complexity index is 1730. The molecule has 0 unspecified atom stereocenters. The van der Waals surface area contributed by atoms with E-state index in [1.165, 1.54) is 6.92 Å². The number of hydrogen-bond acceptors (Lipinski definition) is 13. The predicted molar refractivity (Wildman–Crippen MR) is 298 cm³/mol. The van der Waals surface area contributed by atoms with Crippen LogP contribution in [0.3, 0.4) is 0 Å². The summed E-state index contributed by atoms with van der Waals surface area (Å²) in [7, 11) is 0. The largest absolute Gasteiger partial charge is 0.370 e. The first-order chi connectivity index (χ1) is 35.8. The third kappa shape index (κ3) is 35.4. The summed E-state index contributed by atoms with van der Waals surface area (Å²) >= 11 is 0. The Hall–Kier alpha value is -4.93. The Labute approximate surface area is 455 Å². The molecule has 0 aromatic carbocycles. The van der Waals surface area contributed by atoms with Crippen LogP contribution in [-0.4, -0.2) is 128 Å². The standard InChI is InChI=1S/C54H105N13O9/c1-34(2)26-39(30-47(59)69)61-52(74)44(19-11-15-23-56)65-49(71)32-41(28-36(5)6)63-54(76)46(21-13-17-25-58)67-50(72)33-42(29-37(7)8)64-53(75)45(20-12-16-24-57)66-48(70)31-40(27-35(3)4)62-51(73)43(60-38(9)68)18-10-14-22-55/h34-37,39-46H,10-33,55-58H2,1-9H3,(H2,59,69)(H,60,68)(H,61,74)(H,62,73)(H,63,76)(H,64,75)(H,65,71)(H,66,70)(H,67,72)/t39-,40-,41-,42-,43-,44-,45-,46-/m0/s1. The maximum atomic E-state index is 14.2. The van der Waals surface area contributed by atoms with Crippen molar-refractivity contribution in [3.8, 4) is 0 Å². The second-order valence-electron chi connectivity index (χ2n) is 22.4. The average molecular weight is 1080 g/mol. The van der Waals surface area contributed by atoms with Gasteiger partial charge in [-0.05, 0) is 153 Å². The summed E-state index contributed by atoms with van der Waals surface area (Å²) in [5, 5.41) is 23.2. The van der Waals surface area contributed by atoms with Crippen LogP contribution >= 0.6 is 0 Å². The van der Waals surface area contributed by atoms with Crippen molar-refractivity contribution in [3.05, 3.63) is 0 Å². The Balaban J connectivity index is 6.39. The second-order valence-corrected chi connectivity index (χ2v) is 22.4. The second kappa shape index (κ2) is 41.2. The Kier molecular flexibility index (Phi) is 38.5. The van der Waals surface area contributed by atoms with Gasteiger partial charge in [0.1, 0.15) is 24.2 Å². The number of carbonyl (C=O) groups is 9. The molecule has 76 heavy (non-hydrogen) atoms. The van der Waals surface area contributed by atoms with E-state index < -0.39 is 95.6 Å². The van der Waals surface area contributed by atoms with Gasteiger partial charge in [0, 0.05) is 56.8 Å². The van der Waals surface area contributed by atoms with Gasteiger partial charge in [0.05, 0.1) is 0 Å². The first-order valence-electron chi connectivity index (χ1n) is 28.3. The quantitative estimate of drug-likeness (QED) is 0.0387. The van der Waals surface area contributed by atoms with Gasteiger partial charge in [-0.3, -0.25) is 43.2 Å². The molecule has 0 aliphatic rings. The molecule has 18 N–H and O–H groups in total. The van der Waals surface area contributed by atoms with Gasteiger partial charge in [-0.2, -0.15) is 0 Å². The molecular weight excluding hydrogens is 975 g/mol. The lowest BCUT2D eigenvalue weighted by molar-refractivity contribution is -0.132. The molecule has 0 aliphatic heterocycles. The van der Waals surface area contributed by atoms with E-state index in [9.17, 15) is 43.2 Å². The highest BCUT2D eigenvalue weighted by molar-refractivity contribution is 5.92. The number of rotatable bonds is 44. The molecule has 0 aromatic heterocycles. The minimum absolute atomic E-state index is 0.0370. The molecule has 0 fully saturated rings. The lowest BCUT2D eigenvalue weighted by Gasteiger charge is -2.28. The van der Waals surface area contributed by atoms with Gasteiger partial charge in [0.25, 0.3) is 0 Å². The van der Waals surface area contributed by atoms with Crippen molar-refractivity contribution in [2.24, 2.45) is 52.3 Å². The zero-order valence-electron chi connectivity index (χ0n) is 48.0. The lowest BCUT2D eigenvalue weighted by atomic mass is 9.98. The van der Waals surface area contributed by atoms with Crippen molar-refractivity contribution in [2.45, 2.75) is 239 Å². The van der Waals surface area contributed by atoms with E-state index in [1.807, 2.05) is 55.4 Å². The summed E-state index contributed by atoms with van der Waals surface area (Å²) in [6, 6.07) is -6.17. The number of hydrogen-bond donors (Lipinski definition) is 13. The molecule has 0 bridgehead atoms. The summed E-state index contributed by atoms with van der Waals surface area (Å²) < 4.78 is 0. The molecule has 0 saturated heterocycles. The molecule has 9 amide bonds. The van der Waals surface area contributed by atoms with Crippen LogP contribution in [0.5, 0.6) is 0 Å². The number of nitrogens with two attached hydrogens (primary N) is 5. The van der Waals surface area contributed by atoms with Crippen LogP contribution in [0.1, 0.15) is 191 Å². The first-order valence-corrected chi connectivity index (χ1v) is 28.3. The van der Waals surface area contributed by atoms with Gasteiger partial charge in [0.2, 0.25) is 53.2 Å². The monoisotopic (exact) mass is 1080 g/mol. The first kappa shape index (κ1) is 71.1. The Morgan fingerprint density at radius 1 is 0.329 bits per heavy atom. The van der Waals surface area contributed by atoms with Gasteiger partial charge in [-0.15, -0.1) is 0 Å². The molecule has 0 saturated carbocycles. The van der Waals surface area contributed by atoms with E-state index in [0.29, 0.717) is 116 Å². The van der Waals surface area contributed by atoms with Crippen LogP contribution in [0.2, 0.25) is 0 Å². The number of nitrogens with one attached hydrogen (secondary N) is 8. The fourth-order valence-electron chi connectivity index (χ4n) is 9.22. The molecule has 0 rings (SSSR count). The van der Waals surface area contributed by atoms with Gasteiger partial charge in [-0.1, -0.05) is 55.4 Å². The highest BCUT2D eigenvalue weighted by atomic mass is 16.2. The predicted octanol–water partition coefficient (Wildman–Crippen LogP) is 1.63. The van der Waals surface area contributed by atoms with Crippen molar-refractivity contribution >= 4 is 53.2 Å². The average Bonchev–Trinajstić information content (AvgIpc) is 3.29. The van der Waals surface area contributed by atoms with Crippen LogP contribution in [0, 0.1) is 23.7 Å². The van der Waals surface area contributed by atoms with Crippen molar-refractivity contribution in [1.82, 2.24) is 42.5 Å². The van der Waals surface area contributed by atoms with E-state index in [2.05, 4.69) is 42.5 Å².